The molecule has 0 aromatic rings. The number of alkyl halides is 1. The molecule has 3 nitrogen and oxygen atoms in total. The molecule has 0 atom stereocenters. The van der Waals surface area contributed by atoms with Crippen LogP contribution in [0.15, 0.2) is 0 Å². The maximum Gasteiger partial charge on any atom is 0.237 e. The second kappa shape index (κ2) is 3.59. The van der Waals surface area contributed by atoms with Gasteiger partial charge >= 0.3 is 0 Å². The van der Waals surface area contributed by atoms with Gasteiger partial charge < -0.3 is 4.90 Å². The molecule has 4 heteroatoms. The van der Waals surface area contributed by atoms with E-state index in [-0.39, 0.29) is 11.8 Å². The van der Waals surface area contributed by atoms with Crippen molar-refractivity contribution in [3.63, 3.8) is 0 Å². The number of amides is 1. The monoisotopic (exact) mass is 172 g/mol. The molecule has 0 aromatic heterocycles. The van der Waals surface area contributed by atoms with Crippen molar-refractivity contribution in [2.24, 2.45) is 5.92 Å². The molecule has 11 heavy (non-hydrogen) atoms. The number of halogens is 1. The summed E-state index contributed by atoms with van der Waals surface area (Å²) in [4.78, 5) is 12.5. The van der Waals surface area contributed by atoms with Crippen molar-refractivity contribution in [1.82, 2.24) is 4.90 Å². The molecule has 1 fully saturated rings. The van der Waals surface area contributed by atoms with Crippen LogP contribution in [0.2, 0.25) is 0 Å². The molecule has 0 aliphatic carbocycles. The van der Waals surface area contributed by atoms with E-state index in [1.165, 1.54) is 0 Å². The van der Waals surface area contributed by atoms with E-state index < -0.39 is 0 Å². The van der Waals surface area contributed by atoms with E-state index in [1.807, 2.05) is 0 Å². The molecule has 60 valence electrons. The summed E-state index contributed by atoms with van der Waals surface area (Å²) in [7, 11) is 0. The Bertz CT molecular complexity index is 193. The number of hydrogen-bond acceptors (Lipinski definition) is 2. The van der Waals surface area contributed by atoms with Crippen LogP contribution in [0, 0.1) is 17.2 Å². The van der Waals surface area contributed by atoms with Crippen molar-refractivity contribution in [3.8, 4) is 6.07 Å². The lowest BCUT2D eigenvalue weighted by molar-refractivity contribution is -0.134. The fourth-order valence-electron chi connectivity index (χ4n) is 1.12. The molecule has 0 bridgehead atoms. The Morgan fingerprint density at radius 2 is 2.36 bits per heavy atom. The summed E-state index contributed by atoms with van der Waals surface area (Å²) in [6.45, 7) is 1.41. The van der Waals surface area contributed by atoms with Crippen LogP contribution in [-0.4, -0.2) is 29.8 Å². The van der Waals surface area contributed by atoms with Gasteiger partial charge in [-0.2, -0.15) is 5.26 Å². The first-order chi connectivity index (χ1) is 5.27. The molecule has 0 spiro atoms. The zero-order valence-corrected chi connectivity index (χ0v) is 6.84. The predicted octanol–water partition coefficient (Wildman–Crippen LogP) is 0.597. The highest BCUT2D eigenvalue weighted by atomic mass is 35.5. The predicted molar refractivity (Wildman–Crippen MR) is 41.0 cm³/mol. The molecule has 1 saturated heterocycles. The Hall–Kier alpha value is -0.750. The average Bonchev–Trinajstić information content (AvgIpc) is 1.94. The third-order valence-corrected chi connectivity index (χ3v) is 2.03. The summed E-state index contributed by atoms with van der Waals surface area (Å²) in [5.41, 5.74) is 0. The number of rotatable bonds is 2. The van der Waals surface area contributed by atoms with Gasteiger partial charge in [0.25, 0.3) is 0 Å². The van der Waals surface area contributed by atoms with Crippen LogP contribution < -0.4 is 0 Å². The summed E-state index contributed by atoms with van der Waals surface area (Å²) in [6.07, 6.45) is 0.548. The summed E-state index contributed by atoms with van der Waals surface area (Å²) in [6, 6.07) is 2.08. The lowest BCUT2D eigenvalue weighted by Gasteiger charge is -2.37. The second-order valence-electron chi connectivity index (χ2n) is 2.66. The molecule has 1 rings (SSSR count). The molecular formula is C7H9ClN2O. The van der Waals surface area contributed by atoms with Crippen LogP contribution in [0.4, 0.5) is 0 Å². The van der Waals surface area contributed by atoms with Crippen molar-refractivity contribution in [1.29, 1.82) is 5.26 Å². The van der Waals surface area contributed by atoms with E-state index in [4.69, 9.17) is 16.9 Å². The number of nitrogens with zero attached hydrogens (tertiary/aromatic N) is 2. The highest BCUT2D eigenvalue weighted by molar-refractivity contribution is 6.27. The van der Waals surface area contributed by atoms with Gasteiger partial charge in [0.05, 0.1) is 6.07 Å². The van der Waals surface area contributed by atoms with Crippen molar-refractivity contribution in [3.05, 3.63) is 0 Å². The molecule has 1 amide bonds. The minimum Gasteiger partial charge on any atom is -0.341 e. The van der Waals surface area contributed by atoms with Gasteiger partial charge in [-0.1, -0.05) is 0 Å². The SMILES string of the molecule is N#CCC1CN(C(=O)CCl)C1. The average molecular weight is 173 g/mol. The zero-order chi connectivity index (χ0) is 8.27. The van der Waals surface area contributed by atoms with Gasteiger partial charge in [0, 0.05) is 25.4 Å². The minimum atomic E-state index is -0.0270. The van der Waals surface area contributed by atoms with Crippen LogP contribution in [0.3, 0.4) is 0 Å². The zero-order valence-electron chi connectivity index (χ0n) is 6.09. The number of nitriles is 1. The van der Waals surface area contributed by atoms with Crippen molar-refractivity contribution in [2.45, 2.75) is 6.42 Å². The Balaban J connectivity index is 2.20. The van der Waals surface area contributed by atoms with Gasteiger partial charge in [-0.05, 0) is 0 Å². The van der Waals surface area contributed by atoms with Gasteiger partial charge in [-0.3, -0.25) is 4.79 Å². The Morgan fingerprint density at radius 1 is 1.73 bits per heavy atom. The van der Waals surface area contributed by atoms with Gasteiger partial charge in [0.1, 0.15) is 5.88 Å². The smallest absolute Gasteiger partial charge is 0.237 e. The number of carbonyl (C=O) groups is 1. The standard InChI is InChI=1S/C7H9ClN2O/c8-3-7(11)10-4-6(5-10)1-2-9/h6H,1,3-5H2. The molecule has 0 aromatic carbocycles. The van der Waals surface area contributed by atoms with Crippen molar-refractivity contribution >= 4 is 17.5 Å². The first kappa shape index (κ1) is 8.35. The summed E-state index contributed by atoms with van der Waals surface area (Å²) >= 11 is 5.33. The molecular weight excluding hydrogens is 164 g/mol. The lowest BCUT2D eigenvalue weighted by Crippen LogP contribution is -2.50. The number of hydrogen-bond donors (Lipinski definition) is 0. The molecule has 1 aliphatic rings. The molecule has 0 radical (unpaired) electrons. The Labute approximate surface area is 70.5 Å². The molecule has 1 heterocycles. The highest BCUT2D eigenvalue weighted by Gasteiger charge is 2.29. The van der Waals surface area contributed by atoms with E-state index >= 15 is 0 Å². The quantitative estimate of drug-likeness (QED) is 0.573. The van der Waals surface area contributed by atoms with Gasteiger partial charge in [-0.15, -0.1) is 11.6 Å². The third kappa shape index (κ3) is 1.84. The van der Waals surface area contributed by atoms with E-state index in [0.717, 1.165) is 0 Å². The number of likely N-dealkylation sites (tertiary alicyclic amines) is 1. The van der Waals surface area contributed by atoms with Crippen molar-refractivity contribution in [2.75, 3.05) is 19.0 Å². The fourth-order valence-corrected chi connectivity index (χ4v) is 1.29. The molecule has 0 saturated carbocycles. The van der Waals surface area contributed by atoms with Crippen LogP contribution in [0.1, 0.15) is 6.42 Å². The minimum absolute atomic E-state index is 0.0270. The second-order valence-corrected chi connectivity index (χ2v) is 2.93. The molecule has 1 aliphatic heterocycles. The van der Waals surface area contributed by atoms with Gasteiger partial charge in [0.2, 0.25) is 5.91 Å². The number of carbonyl (C=O) groups excluding carboxylic acids is 1. The maximum absolute atomic E-state index is 10.9. The van der Waals surface area contributed by atoms with Crippen LogP contribution >= 0.6 is 11.6 Å². The Morgan fingerprint density at radius 3 is 2.82 bits per heavy atom. The van der Waals surface area contributed by atoms with E-state index in [1.54, 1.807) is 4.90 Å². The van der Waals surface area contributed by atoms with Crippen LogP contribution in [0.5, 0.6) is 0 Å². The largest absolute Gasteiger partial charge is 0.341 e. The summed E-state index contributed by atoms with van der Waals surface area (Å²) in [5, 5.41) is 8.30. The normalized spacial score (nSPS) is 17.3. The first-order valence-corrected chi connectivity index (χ1v) is 4.02. The fraction of sp³-hybridized carbons (Fsp3) is 0.714. The summed E-state index contributed by atoms with van der Waals surface area (Å²) < 4.78 is 0. The first-order valence-electron chi connectivity index (χ1n) is 3.48. The topological polar surface area (TPSA) is 44.1 Å². The Kier molecular flexibility index (Phi) is 2.72. The van der Waals surface area contributed by atoms with Crippen LogP contribution in [0.25, 0.3) is 0 Å². The van der Waals surface area contributed by atoms with Gasteiger partial charge in [0.15, 0.2) is 0 Å². The van der Waals surface area contributed by atoms with E-state index in [0.29, 0.717) is 25.4 Å². The van der Waals surface area contributed by atoms with E-state index in [2.05, 4.69) is 6.07 Å². The highest BCUT2D eigenvalue weighted by Crippen LogP contribution is 2.18. The molecule has 0 unspecified atom stereocenters. The third-order valence-electron chi connectivity index (χ3n) is 1.80. The van der Waals surface area contributed by atoms with E-state index in [9.17, 15) is 4.79 Å². The van der Waals surface area contributed by atoms with Crippen molar-refractivity contribution < 1.29 is 4.79 Å². The maximum atomic E-state index is 10.9. The molecule has 0 N–H and O–H groups in total. The van der Waals surface area contributed by atoms with Gasteiger partial charge in [-0.25, -0.2) is 0 Å². The summed E-state index contributed by atoms with van der Waals surface area (Å²) in [5.74, 6) is 0.409. The lowest BCUT2D eigenvalue weighted by atomic mass is 9.97. The van der Waals surface area contributed by atoms with Crippen LogP contribution in [-0.2, 0) is 4.79 Å².